The van der Waals surface area contributed by atoms with Gasteiger partial charge in [0.2, 0.25) is 11.7 Å². The van der Waals surface area contributed by atoms with Crippen LogP contribution in [-0.2, 0) is 25.3 Å². The highest BCUT2D eigenvalue weighted by Gasteiger charge is 2.31. The number of benzene rings is 2. The Hall–Kier alpha value is -4.09. The van der Waals surface area contributed by atoms with Gasteiger partial charge in [0.1, 0.15) is 5.76 Å². The minimum atomic E-state index is -4.53. The maximum Gasteiger partial charge on any atom is 0.416 e. The van der Waals surface area contributed by atoms with E-state index in [1.807, 2.05) is 0 Å². The molecule has 0 radical (unpaired) electrons. The van der Waals surface area contributed by atoms with Crippen LogP contribution >= 0.6 is 0 Å². The van der Waals surface area contributed by atoms with Crippen LogP contribution in [0.3, 0.4) is 0 Å². The third kappa shape index (κ3) is 5.93. The summed E-state index contributed by atoms with van der Waals surface area (Å²) in [7, 11) is 0. The van der Waals surface area contributed by atoms with E-state index in [9.17, 15) is 31.1 Å². The van der Waals surface area contributed by atoms with Crippen molar-refractivity contribution in [3.63, 3.8) is 0 Å². The van der Waals surface area contributed by atoms with Gasteiger partial charge in [-0.2, -0.15) is 31.3 Å². The summed E-state index contributed by atoms with van der Waals surface area (Å²) in [6, 6.07) is 11.3. The molecule has 4 rings (SSSR count). The third-order valence-corrected chi connectivity index (χ3v) is 5.21. The summed E-state index contributed by atoms with van der Waals surface area (Å²) in [6.07, 6.45) is -7.50. The molecule has 0 spiro atoms. The van der Waals surface area contributed by atoms with Gasteiger partial charge < -0.3 is 13.8 Å². The number of halogens is 6. The first kappa shape index (κ1) is 25.0. The highest BCUT2D eigenvalue weighted by atomic mass is 19.4. The van der Waals surface area contributed by atoms with Crippen molar-refractivity contribution in [1.29, 1.82) is 0 Å². The minimum Gasteiger partial charge on any atom is -0.467 e. The number of hydrogen-bond acceptors (Lipinski definition) is 5. The van der Waals surface area contributed by atoms with E-state index in [0.29, 0.717) is 11.3 Å². The number of furan rings is 1. The minimum absolute atomic E-state index is 0.0345. The third-order valence-electron chi connectivity index (χ3n) is 5.21. The van der Waals surface area contributed by atoms with Gasteiger partial charge in [0, 0.05) is 24.1 Å². The van der Waals surface area contributed by atoms with E-state index in [1.54, 1.807) is 12.1 Å². The molecule has 0 saturated carbocycles. The second kappa shape index (κ2) is 9.88. The molecule has 2 aromatic carbocycles. The van der Waals surface area contributed by atoms with Crippen LogP contribution in [0.25, 0.3) is 11.4 Å². The molecule has 0 fully saturated rings. The fourth-order valence-corrected chi connectivity index (χ4v) is 3.34. The second-order valence-corrected chi connectivity index (χ2v) is 7.72. The molecule has 6 nitrogen and oxygen atoms in total. The standard InChI is InChI=1S/C24H17F6N3O3/c25-23(26,27)17-7-3-15(4-8-17)21-31-20(36-32-21)11-12-33(14-19-2-1-13-35-19)22(34)16-5-9-18(10-6-16)24(28,29)30/h1-10,13H,11-12,14H2. The van der Waals surface area contributed by atoms with Crippen molar-refractivity contribution in [3.05, 3.63) is 95.3 Å². The van der Waals surface area contributed by atoms with E-state index in [2.05, 4.69) is 10.1 Å². The van der Waals surface area contributed by atoms with Crippen LogP contribution in [0.5, 0.6) is 0 Å². The predicted octanol–water partition coefficient (Wildman–Crippen LogP) is 6.25. The Balaban J connectivity index is 1.48. The summed E-state index contributed by atoms with van der Waals surface area (Å²) in [5.41, 5.74) is -1.33. The Morgan fingerprint density at radius 3 is 2.03 bits per heavy atom. The number of carbonyl (C=O) groups excluding carboxylic acids is 1. The maximum atomic E-state index is 13.0. The van der Waals surface area contributed by atoms with E-state index < -0.39 is 29.4 Å². The number of alkyl halides is 6. The van der Waals surface area contributed by atoms with Crippen LogP contribution in [0, 0.1) is 0 Å². The Morgan fingerprint density at radius 1 is 0.861 bits per heavy atom. The van der Waals surface area contributed by atoms with Gasteiger partial charge in [0.05, 0.1) is 23.9 Å². The summed E-state index contributed by atoms with van der Waals surface area (Å²) >= 11 is 0. The molecule has 0 aliphatic carbocycles. The topological polar surface area (TPSA) is 72.4 Å². The molecule has 0 saturated heterocycles. The fourth-order valence-electron chi connectivity index (χ4n) is 3.34. The number of amides is 1. The quantitative estimate of drug-likeness (QED) is 0.275. The zero-order chi connectivity index (χ0) is 25.9. The van der Waals surface area contributed by atoms with E-state index in [0.717, 1.165) is 36.4 Å². The van der Waals surface area contributed by atoms with Crippen LogP contribution in [0.4, 0.5) is 26.3 Å². The summed E-state index contributed by atoms with van der Waals surface area (Å²) < 4.78 is 87.3. The van der Waals surface area contributed by atoms with Crippen molar-refractivity contribution in [2.24, 2.45) is 0 Å². The molecule has 4 aromatic rings. The Kier molecular flexibility index (Phi) is 6.86. The largest absolute Gasteiger partial charge is 0.467 e. The lowest BCUT2D eigenvalue weighted by molar-refractivity contribution is -0.138. The lowest BCUT2D eigenvalue weighted by atomic mass is 10.1. The molecular weight excluding hydrogens is 492 g/mol. The van der Waals surface area contributed by atoms with Crippen molar-refractivity contribution in [1.82, 2.24) is 15.0 Å². The van der Waals surface area contributed by atoms with Crippen LogP contribution < -0.4 is 0 Å². The van der Waals surface area contributed by atoms with Crippen molar-refractivity contribution >= 4 is 5.91 Å². The van der Waals surface area contributed by atoms with Gasteiger partial charge in [-0.25, -0.2) is 0 Å². The molecule has 0 aliphatic heterocycles. The first-order valence-corrected chi connectivity index (χ1v) is 10.5. The van der Waals surface area contributed by atoms with Gasteiger partial charge in [-0.15, -0.1) is 0 Å². The Morgan fingerprint density at radius 2 is 1.47 bits per heavy atom. The summed E-state index contributed by atoms with van der Waals surface area (Å²) in [5, 5.41) is 3.77. The lowest BCUT2D eigenvalue weighted by Gasteiger charge is -2.21. The summed E-state index contributed by atoms with van der Waals surface area (Å²) in [5.74, 6) is 0.105. The van der Waals surface area contributed by atoms with Gasteiger partial charge in [-0.1, -0.05) is 17.3 Å². The molecule has 2 heterocycles. The Labute approximate surface area is 200 Å². The molecule has 2 aromatic heterocycles. The van der Waals surface area contributed by atoms with Crippen molar-refractivity contribution < 1.29 is 40.1 Å². The predicted molar refractivity (Wildman–Crippen MR) is 113 cm³/mol. The molecular formula is C24H17F6N3O3. The lowest BCUT2D eigenvalue weighted by Crippen LogP contribution is -2.32. The number of carbonyl (C=O) groups is 1. The maximum absolute atomic E-state index is 13.0. The van der Waals surface area contributed by atoms with E-state index in [4.69, 9.17) is 8.94 Å². The first-order chi connectivity index (χ1) is 17.0. The fraction of sp³-hybridized carbons (Fsp3) is 0.208. The second-order valence-electron chi connectivity index (χ2n) is 7.72. The summed E-state index contributed by atoms with van der Waals surface area (Å²) in [4.78, 5) is 18.6. The highest BCUT2D eigenvalue weighted by molar-refractivity contribution is 5.94. The van der Waals surface area contributed by atoms with E-state index in [1.165, 1.54) is 23.3 Å². The molecule has 0 bridgehead atoms. The number of aromatic nitrogens is 2. The molecule has 0 unspecified atom stereocenters. The molecule has 12 heteroatoms. The zero-order valence-corrected chi connectivity index (χ0v) is 18.3. The van der Waals surface area contributed by atoms with Crippen molar-refractivity contribution in [2.45, 2.75) is 25.3 Å². The van der Waals surface area contributed by atoms with Gasteiger partial charge in [0.25, 0.3) is 5.91 Å². The van der Waals surface area contributed by atoms with Gasteiger partial charge in [-0.05, 0) is 48.5 Å². The highest BCUT2D eigenvalue weighted by Crippen LogP contribution is 2.31. The van der Waals surface area contributed by atoms with Crippen LogP contribution in [0.1, 0.15) is 33.1 Å². The molecule has 0 N–H and O–H groups in total. The Bertz CT molecular complexity index is 1290. The SMILES string of the molecule is O=C(c1ccc(C(F)(F)F)cc1)N(CCc1nc(-c2ccc(C(F)(F)F)cc2)no1)Cc1ccco1. The van der Waals surface area contributed by atoms with E-state index in [-0.39, 0.29) is 36.8 Å². The normalized spacial score (nSPS) is 12.1. The van der Waals surface area contributed by atoms with Gasteiger partial charge >= 0.3 is 12.4 Å². The molecule has 0 aliphatic rings. The average Bonchev–Trinajstić information content (AvgIpc) is 3.53. The number of hydrogen-bond donors (Lipinski definition) is 0. The van der Waals surface area contributed by atoms with Crippen molar-refractivity contribution in [3.8, 4) is 11.4 Å². The van der Waals surface area contributed by atoms with Crippen LogP contribution in [-0.4, -0.2) is 27.5 Å². The molecule has 36 heavy (non-hydrogen) atoms. The average molecular weight is 509 g/mol. The number of rotatable bonds is 7. The van der Waals surface area contributed by atoms with Crippen LogP contribution in [0.2, 0.25) is 0 Å². The molecule has 1 amide bonds. The smallest absolute Gasteiger partial charge is 0.416 e. The first-order valence-electron chi connectivity index (χ1n) is 10.5. The monoisotopic (exact) mass is 509 g/mol. The van der Waals surface area contributed by atoms with Crippen molar-refractivity contribution in [2.75, 3.05) is 6.54 Å². The molecule has 0 atom stereocenters. The molecule has 188 valence electrons. The van der Waals surface area contributed by atoms with Crippen LogP contribution in [0.15, 0.2) is 75.9 Å². The van der Waals surface area contributed by atoms with Gasteiger partial charge in [0.15, 0.2) is 0 Å². The summed E-state index contributed by atoms with van der Waals surface area (Å²) in [6.45, 7) is 0.0853. The number of nitrogens with zero attached hydrogens (tertiary/aromatic N) is 3. The van der Waals surface area contributed by atoms with E-state index >= 15 is 0 Å². The van der Waals surface area contributed by atoms with Gasteiger partial charge in [-0.3, -0.25) is 4.79 Å². The zero-order valence-electron chi connectivity index (χ0n) is 18.3.